The van der Waals surface area contributed by atoms with E-state index < -0.39 is 0 Å². The van der Waals surface area contributed by atoms with E-state index in [0.29, 0.717) is 13.2 Å². The Hall–Kier alpha value is -2.55. The summed E-state index contributed by atoms with van der Waals surface area (Å²) in [6.07, 6.45) is 2.49. The highest BCUT2D eigenvalue weighted by molar-refractivity contribution is 5.96. The summed E-state index contributed by atoms with van der Waals surface area (Å²) in [6, 6.07) is 17.6. The van der Waals surface area contributed by atoms with Gasteiger partial charge in [-0.3, -0.25) is 0 Å². The second-order valence-corrected chi connectivity index (χ2v) is 5.05. The predicted octanol–water partition coefficient (Wildman–Crippen LogP) is 4.47. The second kappa shape index (κ2) is 8.79. The number of hydrogen-bond acceptors (Lipinski definition) is 3. The van der Waals surface area contributed by atoms with E-state index in [4.69, 9.17) is 9.47 Å². The molecule has 0 spiro atoms. The molecule has 0 bridgehead atoms. The van der Waals surface area contributed by atoms with Gasteiger partial charge in [0.1, 0.15) is 5.75 Å². The molecule has 0 heterocycles. The lowest BCUT2D eigenvalue weighted by atomic mass is 9.97. The molecule has 0 saturated carbocycles. The molecular weight excluding hydrogens is 288 g/mol. The van der Waals surface area contributed by atoms with Gasteiger partial charge in [-0.2, -0.15) is 0 Å². The van der Waals surface area contributed by atoms with Crippen molar-refractivity contribution in [3.8, 4) is 5.75 Å². The van der Waals surface area contributed by atoms with E-state index >= 15 is 0 Å². The zero-order chi connectivity index (χ0) is 16.5. The highest BCUT2D eigenvalue weighted by atomic mass is 16.5. The Morgan fingerprint density at radius 3 is 2.43 bits per heavy atom. The van der Waals surface area contributed by atoms with Gasteiger partial charge in [-0.1, -0.05) is 49.4 Å². The topological polar surface area (TPSA) is 35.5 Å². The van der Waals surface area contributed by atoms with E-state index in [-0.39, 0.29) is 5.97 Å². The van der Waals surface area contributed by atoms with E-state index in [1.165, 1.54) is 6.08 Å². The molecule has 0 aliphatic rings. The molecule has 2 aromatic rings. The van der Waals surface area contributed by atoms with Crippen molar-refractivity contribution in [3.05, 3.63) is 71.8 Å². The third kappa shape index (κ3) is 4.99. The fraction of sp³-hybridized carbons (Fsp3) is 0.250. The fourth-order valence-electron chi connectivity index (χ4n) is 2.23. The predicted molar refractivity (Wildman–Crippen MR) is 92.4 cm³/mol. The highest BCUT2D eigenvalue weighted by Crippen LogP contribution is 2.26. The first-order valence-electron chi connectivity index (χ1n) is 7.91. The number of esters is 1. The maximum atomic E-state index is 11.9. The van der Waals surface area contributed by atoms with E-state index in [9.17, 15) is 4.79 Å². The van der Waals surface area contributed by atoms with Gasteiger partial charge >= 0.3 is 5.97 Å². The van der Waals surface area contributed by atoms with Crippen LogP contribution in [0.25, 0.3) is 5.57 Å². The number of carbonyl (C=O) groups excluding carboxylic acids is 1. The molecule has 0 atom stereocenters. The molecule has 3 nitrogen and oxygen atoms in total. The molecule has 3 heteroatoms. The van der Waals surface area contributed by atoms with Crippen molar-refractivity contribution >= 4 is 11.5 Å². The molecule has 2 aromatic carbocycles. The van der Waals surface area contributed by atoms with Crippen molar-refractivity contribution in [2.75, 3.05) is 13.2 Å². The van der Waals surface area contributed by atoms with Crippen molar-refractivity contribution in [1.29, 1.82) is 0 Å². The van der Waals surface area contributed by atoms with Crippen LogP contribution in [-0.2, 0) is 9.53 Å². The molecule has 0 aliphatic carbocycles. The normalized spacial score (nSPS) is 11.1. The quantitative estimate of drug-likeness (QED) is 0.559. The maximum Gasteiger partial charge on any atom is 0.331 e. The molecule has 0 saturated heterocycles. The first-order valence-corrected chi connectivity index (χ1v) is 7.91. The van der Waals surface area contributed by atoms with Crippen molar-refractivity contribution in [2.45, 2.75) is 20.3 Å². The summed E-state index contributed by atoms with van der Waals surface area (Å²) in [5.41, 5.74) is 2.72. The van der Waals surface area contributed by atoms with Crippen LogP contribution in [0.15, 0.2) is 60.7 Å². The molecule has 23 heavy (non-hydrogen) atoms. The van der Waals surface area contributed by atoms with Crippen LogP contribution in [0, 0.1) is 0 Å². The standard InChI is InChI=1S/C20H22O3/c1-3-13-23-18-12-8-11-17(14-18)19(15-20(21)22-4-2)16-9-6-5-7-10-16/h5-12,14-15H,3-4,13H2,1-2H3. The van der Waals surface area contributed by atoms with Gasteiger partial charge < -0.3 is 9.47 Å². The lowest BCUT2D eigenvalue weighted by Crippen LogP contribution is -2.02. The van der Waals surface area contributed by atoms with Crippen molar-refractivity contribution < 1.29 is 14.3 Å². The minimum atomic E-state index is -0.341. The smallest absolute Gasteiger partial charge is 0.331 e. The van der Waals surface area contributed by atoms with Crippen LogP contribution in [0.1, 0.15) is 31.4 Å². The van der Waals surface area contributed by atoms with E-state index in [0.717, 1.165) is 28.9 Å². The SMILES string of the molecule is CCCOc1cccc(C(=CC(=O)OCC)c2ccccc2)c1. The molecule has 0 N–H and O–H groups in total. The number of hydrogen-bond donors (Lipinski definition) is 0. The molecule has 0 fully saturated rings. The Balaban J connectivity index is 2.39. The van der Waals surface area contributed by atoms with Crippen LogP contribution in [0.4, 0.5) is 0 Å². The van der Waals surface area contributed by atoms with Gasteiger partial charge in [0, 0.05) is 6.08 Å². The Bertz CT molecular complexity index is 660. The number of ether oxygens (including phenoxy) is 2. The van der Waals surface area contributed by atoms with Gasteiger partial charge in [0.15, 0.2) is 0 Å². The van der Waals surface area contributed by atoms with Gasteiger partial charge in [0.05, 0.1) is 13.2 Å². The maximum absolute atomic E-state index is 11.9. The summed E-state index contributed by atoms with van der Waals surface area (Å²) in [7, 11) is 0. The molecule has 0 amide bonds. The highest BCUT2D eigenvalue weighted by Gasteiger charge is 2.09. The van der Waals surface area contributed by atoms with E-state index in [2.05, 4.69) is 6.92 Å². The Labute approximate surface area is 137 Å². The summed E-state index contributed by atoms with van der Waals surface area (Å²) in [6.45, 7) is 4.90. The summed E-state index contributed by atoms with van der Waals surface area (Å²) < 4.78 is 10.8. The molecule has 0 aliphatic heterocycles. The molecule has 0 aromatic heterocycles. The first-order chi connectivity index (χ1) is 11.2. The van der Waals surface area contributed by atoms with Crippen LogP contribution in [-0.4, -0.2) is 19.2 Å². The molecular formula is C20H22O3. The average molecular weight is 310 g/mol. The lowest BCUT2D eigenvalue weighted by Gasteiger charge is -2.11. The van der Waals surface area contributed by atoms with Gasteiger partial charge in [0.2, 0.25) is 0 Å². The van der Waals surface area contributed by atoms with Crippen LogP contribution >= 0.6 is 0 Å². The third-order valence-corrected chi connectivity index (χ3v) is 3.25. The Morgan fingerprint density at radius 1 is 1.00 bits per heavy atom. The van der Waals surface area contributed by atoms with Crippen LogP contribution in [0.5, 0.6) is 5.75 Å². The van der Waals surface area contributed by atoms with Crippen molar-refractivity contribution in [2.24, 2.45) is 0 Å². The number of rotatable bonds is 7. The summed E-state index contributed by atoms with van der Waals surface area (Å²) in [5, 5.41) is 0. The fourth-order valence-corrected chi connectivity index (χ4v) is 2.23. The van der Waals surface area contributed by atoms with E-state index in [1.807, 2.05) is 54.6 Å². The third-order valence-electron chi connectivity index (χ3n) is 3.25. The summed E-state index contributed by atoms with van der Waals surface area (Å²) in [4.78, 5) is 11.9. The number of benzene rings is 2. The van der Waals surface area contributed by atoms with Crippen LogP contribution < -0.4 is 4.74 Å². The number of carbonyl (C=O) groups is 1. The Morgan fingerprint density at radius 2 is 1.74 bits per heavy atom. The van der Waals surface area contributed by atoms with Crippen LogP contribution in [0.2, 0.25) is 0 Å². The molecule has 2 rings (SSSR count). The average Bonchev–Trinajstić information content (AvgIpc) is 2.59. The van der Waals surface area contributed by atoms with Gasteiger partial charge in [-0.25, -0.2) is 4.79 Å². The molecule has 0 radical (unpaired) electrons. The van der Waals surface area contributed by atoms with Crippen LogP contribution in [0.3, 0.4) is 0 Å². The Kier molecular flexibility index (Phi) is 6.42. The largest absolute Gasteiger partial charge is 0.494 e. The van der Waals surface area contributed by atoms with Crippen molar-refractivity contribution in [3.63, 3.8) is 0 Å². The first kappa shape index (κ1) is 16.8. The van der Waals surface area contributed by atoms with E-state index in [1.54, 1.807) is 6.92 Å². The second-order valence-electron chi connectivity index (χ2n) is 5.05. The minimum absolute atomic E-state index is 0.341. The van der Waals surface area contributed by atoms with Gasteiger partial charge in [0.25, 0.3) is 0 Å². The van der Waals surface area contributed by atoms with Gasteiger partial charge in [-0.05, 0) is 42.2 Å². The van der Waals surface area contributed by atoms with Crippen molar-refractivity contribution in [1.82, 2.24) is 0 Å². The zero-order valence-corrected chi connectivity index (χ0v) is 13.6. The summed E-state index contributed by atoms with van der Waals surface area (Å²) in [5.74, 6) is 0.460. The lowest BCUT2D eigenvalue weighted by molar-refractivity contribution is -0.137. The van der Waals surface area contributed by atoms with Gasteiger partial charge in [-0.15, -0.1) is 0 Å². The molecule has 0 unspecified atom stereocenters. The summed E-state index contributed by atoms with van der Waals surface area (Å²) >= 11 is 0. The monoisotopic (exact) mass is 310 g/mol. The molecule has 120 valence electrons. The zero-order valence-electron chi connectivity index (χ0n) is 13.6. The minimum Gasteiger partial charge on any atom is -0.494 e.